The van der Waals surface area contributed by atoms with E-state index in [0.29, 0.717) is 18.7 Å². The molecule has 1 atom stereocenters. The first-order valence-electron chi connectivity index (χ1n) is 8.04. The number of anilines is 2. The zero-order valence-electron chi connectivity index (χ0n) is 13.3. The van der Waals surface area contributed by atoms with E-state index in [9.17, 15) is 9.59 Å². The number of aromatic nitrogens is 1. The Kier molecular flexibility index (Phi) is 3.48. The van der Waals surface area contributed by atoms with Crippen molar-refractivity contribution in [1.82, 2.24) is 10.1 Å². The summed E-state index contributed by atoms with van der Waals surface area (Å²) < 4.78 is 5.14. The van der Waals surface area contributed by atoms with Gasteiger partial charge in [0.05, 0.1) is 12.5 Å². The van der Waals surface area contributed by atoms with Crippen LogP contribution in [0.2, 0.25) is 0 Å². The molecule has 1 saturated heterocycles. The highest BCUT2D eigenvalue weighted by Gasteiger charge is 2.32. The van der Waals surface area contributed by atoms with Crippen LogP contribution < -0.4 is 10.6 Å². The molecule has 7 nitrogen and oxygen atoms in total. The van der Waals surface area contributed by atoms with E-state index >= 15 is 0 Å². The Labute approximate surface area is 139 Å². The molecule has 2 aromatic rings. The number of nitrogens with zero attached hydrogens (tertiary/aromatic N) is 2. The first-order chi connectivity index (χ1) is 11.6. The van der Waals surface area contributed by atoms with Gasteiger partial charge in [0.1, 0.15) is 11.5 Å². The Morgan fingerprint density at radius 3 is 3.08 bits per heavy atom. The van der Waals surface area contributed by atoms with Gasteiger partial charge in [-0.1, -0.05) is 5.16 Å². The molecule has 3 heterocycles. The van der Waals surface area contributed by atoms with E-state index in [2.05, 4.69) is 15.8 Å². The van der Waals surface area contributed by atoms with Crippen LogP contribution in [0.5, 0.6) is 0 Å². The molecule has 0 aliphatic carbocycles. The number of likely N-dealkylation sites (tertiary alicyclic amines) is 1. The maximum atomic E-state index is 12.6. The van der Waals surface area contributed by atoms with Gasteiger partial charge in [-0.25, -0.2) is 4.79 Å². The van der Waals surface area contributed by atoms with E-state index in [4.69, 9.17) is 4.52 Å². The second kappa shape index (κ2) is 5.67. The van der Waals surface area contributed by atoms with Gasteiger partial charge in [0.2, 0.25) is 5.91 Å². The van der Waals surface area contributed by atoms with Crippen LogP contribution >= 0.6 is 0 Å². The normalized spacial score (nSPS) is 19.3. The molecule has 7 heteroatoms. The Hall–Kier alpha value is -2.83. The summed E-state index contributed by atoms with van der Waals surface area (Å²) in [7, 11) is 0. The van der Waals surface area contributed by atoms with Crippen molar-refractivity contribution in [3.8, 4) is 0 Å². The first-order valence-corrected chi connectivity index (χ1v) is 8.04. The fraction of sp³-hybridized carbons (Fsp3) is 0.353. The number of nitrogens with one attached hydrogen (secondary N) is 2. The topological polar surface area (TPSA) is 87.5 Å². The first kappa shape index (κ1) is 14.7. The van der Waals surface area contributed by atoms with Crippen LogP contribution in [0.3, 0.4) is 0 Å². The van der Waals surface area contributed by atoms with Crippen molar-refractivity contribution in [2.45, 2.75) is 32.2 Å². The summed E-state index contributed by atoms with van der Waals surface area (Å²) in [6.07, 6.45) is 2.16. The van der Waals surface area contributed by atoms with Gasteiger partial charge in [-0.05, 0) is 43.5 Å². The lowest BCUT2D eigenvalue weighted by atomic mass is 10.1. The molecule has 0 spiro atoms. The van der Waals surface area contributed by atoms with Crippen LogP contribution in [-0.4, -0.2) is 28.5 Å². The molecule has 0 saturated carbocycles. The summed E-state index contributed by atoms with van der Waals surface area (Å²) in [5, 5.41) is 9.76. The van der Waals surface area contributed by atoms with Crippen LogP contribution in [0.25, 0.3) is 0 Å². The zero-order valence-corrected chi connectivity index (χ0v) is 13.3. The average Bonchev–Trinajstić information content (AvgIpc) is 3.24. The molecule has 0 radical (unpaired) electrons. The Bertz CT molecular complexity index is 814. The number of fused-ring (bicyclic) bond motifs is 1. The second-order valence-corrected chi connectivity index (χ2v) is 6.24. The molecule has 1 aromatic carbocycles. The molecule has 124 valence electrons. The summed E-state index contributed by atoms with van der Waals surface area (Å²) in [6.45, 7) is 2.53. The molecule has 4 rings (SSSR count). The monoisotopic (exact) mass is 326 g/mol. The third kappa shape index (κ3) is 2.62. The second-order valence-electron chi connectivity index (χ2n) is 6.24. The number of benzene rings is 1. The van der Waals surface area contributed by atoms with Crippen molar-refractivity contribution >= 4 is 23.3 Å². The maximum Gasteiger partial charge on any atom is 0.322 e. The highest BCUT2D eigenvalue weighted by molar-refractivity contribution is 6.00. The van der Waals surface area contributed by atoms with Crippen molar-refractivity contribution < 1.29 is 14.1 Å². The van der Waals surface area contributed by atoms with Gasteiger partial charge < -0.3 is 20.1 Å². The number of amides is 3. The van der Waals surface area contributed by atoms with Gasteiger partial charge in [-0.15, -0.1) is 0 Å². The van der Waals surface area contributed by atoms with E-state index in [1.807, 2.05) is 25.1 Å². The van der Waals surface area contributed by atoms with Crippen LogP contribution in [0.15, 0.2) is 28.8 Å². The third-order valence-electron chi connectivity index (χ3n) is 4.48. The van der Waals surface area contributed by atoms with Crippen molar-refractivity contribution in [2.75, 3.05) is 17.2 Å². The molecule has 3 amide bonds. The summed E-state index contributed by atoms with van der Waals surface area (Å²) in [4.78, 5) is 25.9. The maximum absolute atomic E-state index is 12.6. The predicted octanol–water partition coefficient (Wildman–Crippen LogP) is 2.85. The Morgan fingerprint density at radius 1 is 1.42 bits per heavy atom. The highest BCUT2D eigenvalue weighted by Crippen LogP contribution is 2.32. The van der Waals surface area contributed by atoms with Crippen molar-refractivity contribution in [2.24, 2.45) is 0 Å². The van der Waals surface area contributed by atoms with Gasteiger partial charge in [-0.2, -0.15) is 0 Å². The fourth-order valence-electron chi connectivity index (χ4n) is 3.36. The van der Waals surface area contributed by atoms with Crippen LogP contribution in [0, 0.1) is 6.92 Å². The van der Waals surface area contributed by atoms with Gasteiger partial charge >= 0.3 is 6.03 Å². The number of rotatable bonds is 2. The average molecular weight is 326 g/mol. The van der Waals surface area contributed by atoms with Crippen molar-refractivity contribution in [3.05, 3.63) is 41.3 Å². The van der Waals surface area contributed by atoms with Crippen molar-refractivity contribution in [3.63, 3.8) is 0 Å². The minimum atomic E-state index is -0.157. The summed E-state index contributed by atoms with van der Waals surface area (Å²) in [5.41, 5.74) is 3.21. The van der Waals surface area contributed by atoms with Crippen LogP contribution in [0.1, 0.15) is 35.9 Å². The van der Waals surface area contributed by atoms with Crippen LogP contribution in [-0.2, 0) is 11.2 Å². The summed E-state index contributed by atoms with van der Waals surface area (Å²) in [5.74, 6) is 0.725. The minimum Gasteiger partial charge on any atom is -0.361 e. The van der Waals surface area contributed by atoms with E-state index in [0.717, 1.165) is 35.5 Å². The highest BCUT2D eigenvalue weighted by atomic mass is 16.5. The molecule has 1 unspecified atom stereocenters. The third-order valence-corrected chi connectivity index (χ3v) is 4.48. The van der Waals surface area contributed by atoms with E-state index in [-0.39, 0.29) is 18.0 Å². The quantitative estimate of drug-likeness (QED) is 0.888. The van der Waals surface area contributed by atoms with E-state index in [1.165, 1.54) is 0 Å². The molecular formula is C17H18N4O3. The Balaban J connectivity index is 1.50. The fourth-order valence-corrected chi connectivity index (χ4v) is 3.36. The summed E-state index contributed by atoms with van der Waals surface area (Å²) >= 11 is 0. The van der Waals surface area contributed by atoms with E-state index in [1.54, 1.807) is 11.0 Å². The largest absolute Gasteiger partial charge is 0.361 e. The number of hydrogen-bond acceptors (Lipinski definition) is 4. The smallest absolute Gasteiger partial charge is 0.322 e. The predicted molar refractivity (Wildman–Crippen MR) is 87.7 cm³/mol. The molecule has 2 N–H and O–H groups in total. The molecule has 2 aliphatic heterocycles. The molecule has 1 aromatic heterocycles. The SMILES string of the molecule is Cc1cc(C2CCCN2C(=O)Nc2ccc3c(c2)CC(=O)N3)no1. The zero-order chi connectivity index (χ0) is 16.7. The number of carbonyl (C=O) groups is 2. The van der Waals surface area contributed by atoms with Gasteiger partial charge in [0, 0.05) is 24.0 Å². The molecule has 24 heavy (non-hydrogen) atoms. The van der Waals surface area contributed by atoms with Gasteiger partial charge in [-0.3, -0.25) is 4.79 Å². The van der Waals surface area contributed by atoms with Gasteiger partial charge in [0.25, 0.3) is 0 Å². The standard InChI is InChI=1S/C17H18N4O3/c1-10-7-14(20-24-10)15-3-2-6-21(15)17(23)18-12-4-5-13-11(8-12)9-16(22)19-13/h4-5,7-8,15H,2-3,6,9H2,1H3,(H,18,23)(H,19,22). The molecule has 0 bridgehead atoms. The lowest BCUT2D eigenvalue weighted by Crippen LogP contribution is -2.34. The molecule has 2 aliphatic rings. The Morgan fingerprint density at radius 2 is 2.29 bits per heavy atom. The number of urea groups is 1. The number of aryl methyl sites for hydroxylation is 1. The van der Waals surface area contributed by atoms with Gasteiger partial charge in [0.15, 0.2) is 0 Å². The number of hydrogen-bond donors (Lipinski definition) is 2. The lowest BCUT2D eigenvalue weighted by Gasteiger charge is -2.23. The number of carbonyl (C=O) groups excluding carboxylic acids is 2. The minimum absolute atomic E-state index is 0.0190. The summed E-state index contributed by atoms with van der Waals surface area (Å²) in [6, 6.07) is 7.13. The van der Waals surface area contributed by atoms with Crippen LogP contribution in [0.4, 0.5) is 16.2 Å². The van der Waals surface area contributed by atoms with E-state index < -0.39 is 0 Å². The van der Waals surface area contributed by atoms with Crippen molar-refractivity contribution in [1.29, 1.82) is 0 Å². The molecule has 1 fully saturated rings. The molecular weight excluding hydrogens is 308 g/mol. The lowest BCUT2D eigenvalue weighted by molar-refractivity contribution is -0.115.